The third-order valence-corrected chi connectivity index (χ3v) is 4.67. The molecule has 1 aliphatic carbocycles. The summed E-state index contributed by atoms with van der Waals surface area (Å²) >= 11 is 6.05. The molecule has 2 rings (SSSR count). The van der Waals surface area contributed by atoms with Gasteiger partial charge in [-0.2, -0.15) is 0 Å². The van der Waals surface area contributed by atoms with E-state index in [9.17, 15) is 4.39 Å². The molecule has 1 nitrogen and oxygen atoms in total. The highest BCUT2D eigenvalue weighted by Gasteiger charge is 2.19. The van der Waals surface area contributed by atoms with Crippen molar-refractivity contribution in [1.29, 1.82) is 0 Å². The standard InChI is InChI=1S/C16H23ClFN/c1-2-12-3-5-13(6-4-12)10-19-11-14-9-15(18)7-8-16(14)17/h7-9,12-13,19H,2-6,10-11H2,1H3. The first kappa shape index (κ1) is 14.8. The van der Waals surface area contributed by atoms with Crippen molar-refractivity contribution in [3.63, 3.8) is 0 Å². The summed E-state index contributed by atoms with van der Waals surface area (Å²) in [7, 11) is 0. The maximum Gasteiger partial charge on any atom is 0.123 e. The van der Waals surface area contributed by atoms with Gasteiger partial charge in [0.15, 0.2) is 0 Å². The molecule has 1 fully saturated rings. The molecule has 0 aromatic heterocycles. The third-order valence-electron chi connectivity index (χ3n) is 4.30. The molecule has 1 aromatic carbocycles. The van der Waals surface area contributed by atoms with E-state index >= 15 is 0 Å². The molecule has 0 spiro atoms. The van der Waals surface area contributed by atoms with Gasteiger partial charge in [0.1, 0.15) is 5.82 Å². The lowest BCUT2D eigenvalue weighted by Crippen LogP contribution is -2.26. The van der Waals surface area contributed by atoms with Crippen LogP contribution in [0, 0.1) is 17.7 Å². The molecule has 1 N–H and O–H groups in total. The van der Waals surface area contributed by atoms with Gasteiger partial charge in [-0.3, -0.25) is 0 Å². The van der Waals surface area contributed by atoms with Crippen LogP contribution in [0.15, 0.2) is 18.2 Å². The minimum absolute atomic E-state index is 0.218. The molecule has 0 saturated heterocycles. The van der Waals surface area contributed by atoms with Crippen molar-refractivity contribution >= 4 is 11.6 Å². The quantitative estimate of drug-likeness (QED) is 0.820. The SMILES string of the molecule is CCC1CCC(CNCc2cc(F)ccc2Cl)CC1. The van der Waals surface area contributed by atoms with Gasteiger partial charge in [0, 0.05) is 11.6 Å². The van der Waals surface area contributed by atoms with Gasteiger partial charge in [0.25, 0.3) is 0 Å². The molecule has 0 atom stereocenters. The maximum atomic E-state index is 13.1. The largest absolute Gasteiger partial charge is 0.312 e. The zero-order chi connectivity index (χ0) is 13.7. The van der Waals surface area contributed by atoms with E-state index in [-0.39, 0.29) is 5.82 Å². The fourth-order valence-corrected chi connectivity index (χ4v) is 3.12. The van der Waals surface area contributed by atoms with Crippen LogP contribution in [0.2, 0.25) is 5.02 Å². The fourth-order valence-electron chi connectivity index (χ4n) is 2.93. The molecule has 0 bridgehead atoms. The zero-order valence-corrected chi connectivity index (χ0v) is 12.3. The van der Waals surface area contributed by atoms with Crippen LogP contribution in [-0.2, 0) is 6.54 Å². The van der Waals surface area contributed by atoms with Gasteiger partial charge in [0.2, 0.25) is 0 Å². The highest BCUT2D eigenvalue weighted by molar-refractivity contribution is 6.31. The first-order valence-corrected chi connectivity index (χ1v) is 7.71. The minimum atomic E-state index is -0.218. The van der Waals surface area contributed by atoms with Crippen LogP contribution in [0.3, 0.4) is 0 Å². The Kier molecular flexibility index (Phi) is 5.65. The fraction of sp³-hybridized carbons (Fsp3) is 0.625. The predicted octanol–water partition coefficient (Wildman–Crippen LogP) is 4.79. The number of nitrogens with one attached hydrogen (secondary N) is 1. The lowest BCUT2D eigenvalue weighted by atomic mass is 9.81. The average Bonchev–Trinajstić information content (AvgIpc) is 2.43. The molecular formula is C16H23ClFN. The Labute approximate surface area is 120 Å². The van der Waals surface area contributed by atoms with Crippen molar-refractivity contribution in [2.45, 2.75) is 45.6 Å². The topological polar surface area (TPSA) is 12.0 Å². The van der Waals surface area contributed by atoms with Crippen molar-refractivity contribution in [3.8, 4) is 0 Å². The molecule has 0 radical (unpaired) electrons. The Bertz CT molecular complexity index is 400. The number of benzene rings is 1. The van der Waals surface area contributed by atoms with Gasteiger partial charge in [-0.25, -0.2) is 4.39 Å². The Morgan fingerprint density at radius 1 is 1.21 bits per heavy atom. The summed E-state index contributed by atoms with van der Waals surface area (Å²) in [5, 5.41) is 4.06. The normalized spacial score (nSPS) is 23.5. The van der Waals surface area contributed by atoms with E-state index in [0.717, 1.165) is 23.9 Å². The van der Waals surface area contributed by atoms with E-state index < -0.39 is 0 Å². The van der Waals surface area contributed by atoms with E-state index in [4.69, 9.17) is 11.6 Å². The van der Waals surface area contributed by atoms with Crippen LogP contribution in [-0.4, -0.2) is 6.54 Å². The van der Waals surface area contributed by atoms with Crippen LogP contribution in [0.25, 0.3) is 0 Å². The number of hydrogen-bond acceptors (Lipinski definition) is 1. The third kappa shape index (κ3) is 4.47. The predicted molar refractivity (Wildman–Crippen MR) is 78.9 cm³/mol. The summed E-state index contributed by atoms with van der Waals surface area (Å²) < 4.78 is 13.1. The number of hydrogen-bond donors (Lipinski definition) is 1. The van der Waals surface area contributed by atoms with Crippen molar-refractivity contribution in [2.75, 3.05) is 6.54 Å². The molecule has 106 valence electrons. The molecule has 1 aromatic rings. The highest BCUT2D eigenvalue weighted by Crippen LogP contribution is 2.30. The monoisotopic (exact) mass is 283 g/mol. The Balaban J connectivity index is 1.73. The summed E-state index contributed by atoms with van der Waals surface area (Å²) in [6.45, 7) is 3.96. The zero-order valence-electron chi connectivity index (χ0n) is 11.6. The van der Waals surface area contributed by atoms with Crippen LogP contribution in [0.1, 0.15) is 44.6 Å². The van der Waals surface area contributed by atoms with Crippen LogP contribution in [0.4, 0.5) is 4.39 Å². The van der Waals surface area contributed by atoms with E-state index in [1.807, 2.05) is 0 Å². The molecule has 0 heterocycles. The minimum Gasteiger partial charge on any atom is -0.312 e. The van der Waals surface area contributed by atoms with Gasteiger partial charge in [-0.15, -0.1) is 0 Å². The summed E-state index contributed by atoms with van der Waals surface area (Å²) in [5.74, 6) is 1.49. The maximum absolute atomic E-state index is 13.1. The van der Waals surface area contributed by atoms with E-state index in [1.165, 1.54) is 44.2 Å². The molecule has 0 amide bonds. The molecule has 1 aliphatic rings. The van der Waals surface area contributed by atoms with Crippen molar-refractivity contribution in [3.05, 3.63) is 34.6 Å². The Morgan fingerprint density at radius 3 is 2.58 bits per heavy atom. The van der Waals surface area contributed by atoms with Crippen molar-refractivity contribution in [1.82, 2.24) is 5.32 Å². The van der Waals surface area contributed by atoms with Gasteiger partial charge >= 0.3 is 0 Å². The molecule has 0 aliphatic heterocycles. The van der Waals surface area contributed by atoms with Crippen molar-refractivity contribution in [2.24, 2.45) is 11.8 Å². The highest BCUT2D eigenvalue weighted by atomic mass is 35.5. The average molecular weight is 284 g/mol. The van der Waals surface area contributed by atoms with Gasteiger partial charge in [-0.05, 0) is 55.0 Å². The Morgan fingerprint density at radius 2 is 1.89 bits per heavy atom. The summed E-state index contributed by atoms with van der Waals surface area (Å²) in [6.07, 6.45) is 6.69. The van der Waals surface area contributed by atoms with Gasteiger partial charge in [-0.1, -0.05) is 37.8 Å². The second-order valence-corrected chi connectivity index (χ2v) is 6.07. The molecule has 3 heteroatoms. The molecule has 0 unspecified atom stereocenters. The summed E-state index contributed by atoms with van der Waals surface area (Å²) in [4.78, 5) is 0. The molecular weight excluding hydrogens is 261 g/mol. The van der Waals surface area contributed by atoms with Crippen LogP contribution in [0.5, 0.6) is 0 Å². The van der Waals surface area contributed by atoms with Gasteiger partial charge < -0.3 is 5.32 Å². The lowest BCUT2D eigenvalue weighted by Gasteiger charge is -2.28. The number of rotatable bonds is 5. The molecule has 1 saturated carbocycles. The van der Waals surface area contributed by atoms with Crippen LogP contribution >= 0.6 is 11.6 Å². The second kappa shape index (κ2) is 7.25. The summed E-state index contributed by atoms with van der Waals surface area (Å²) in [5.41, 5.74) is 0.851. The smallest absolute Gasteiger partial charge is 0.123 e. The van der Waals surface area contributed by atoms with E-state index in [2.05, 4.69) is 12.2 Å². The first-order chi connectivity index (χ1) is 9.19. The number of halogens is 2. The summed E-state index contributed by atoms with van der Waals surface area (Å²) in [6, 6.07) is 4.54. The second-order valence-electron chi connectivity index (χ2n) is 5.66. The lowest BCUT2D eigenvalue weighted by molar-refractivity contribution is 0.262. The van der Waals surface area contributed by atoms with E-state index in [1.54, 1.807) is 6.07 Å². The van der Waals surface area contributed by atoms with Gasteiger partial charge in [0.05, 0.1) is 0 Å². The molecule has 19 heavy (non-hydrogen) atoms. The van der Waals surface area contributed by atoms with Crippen LogP contribution < -0.4 is 5.32 Å². The van der Waals surface area contributed by atoms with Crippen molar-refractivity contribution < 1.29 is 4.39 Å². The van der Waals surface area contributed by atoms with E-state index in [0.29, 0.717) is 11.6 Å². The first-order valence-electron chi connectivity index (χ1n) is 7.33. The Hall–Kier alpha value is -0.600.